The number of hydrogen-bond donors (Lipinski definition) is 3. The lowest BCUT2D eigenvalue weighted by atomic mass is 9.94. The van der Waals surface area contributed by atoms with Gasteiger partial charge in [-0.2, -0.15) is 0 Å². The Morgan fingerprint density at radius 1 is 1.30 bits per heavy atom. The molecule has 4 rings (SSSR count). The number of ether oxygens (including phenoxy) is 2. The van der Waals surface area contributed by atoms with Gasteiger partial charge in [0.1, 0.15) is 11.6 Å². The van der Waals surface area contributed by atoms with Gasteiger partial charge >= 0.3 is 12.1 Å². The highest BCUT2D eigenvalue weighted by Gasteiger charge is 2.32. The van der Waals surface area contributed by atoms with Crippen molar-refractivity contribution in [3.05, 3.63) is 17.7 Å². The summed E-state index contributed by atoms with van der Waals surface area (Å²) in [5.41, 5.74) is 7.15. The SMILES string of the molecule is COc1ccc(N2CCCC(COC(N)=O)C2)c2c1CC(NC(=O)N1CCC(C)(O)CC1)=N2. The van der Waals surface area contributed by atoms with Gasteiger partial charge < -0.3 is 30.1 Å². The summed E-state index contributed by atoms with van der Waals surface area (Å²) in [4.78, 5) is 32.5. The lowest BCUT2D eigenvalue weighted by Gasteiger charge is -2.35. The molecule has 3 amide bonds. The van der Waals surface area contributed by atoms with Gasteiger partial charge in [-0.15, -0.1) is 0 Å². The van der Waals surface area contributed by atoms with Gasteiger partial charge in [0.25, 0.3) is 0 Å². The molecule has 2 saturated heterocycles. The number of aliphatic imine (C=N–C) groups is 1. The lowest BCUT2D eigenvalue weighted by molar-refractivity contribution is 0.00483. The minimum atomic E-state index is -0.750. The first kappa shape index (κ1) is 23.2. The zero-order valence-electron chi connectivity index (χ0n) is 19.3. The van der Waals surface area contributed by atoms with Crippen molar-refractivity contribution in [3.8, 4) is 5.75 Å². The number of anilines is 1. The number of amides is 3. The maximum absolute atomic E-state index is 12.8. The molecule has 10 nitrogen and oxygen atoms in total. The first-order valence-electron chi connectivity index (χ1n) is 11.5. The third-order valence-corrected chi connectivity index (χ3v) is 6.73. The standard InChI is InChI=1S/C23H33N5O5/c1-23(31)7-10-27(11-8-23)22(30)26-19-12-16-18(32-2)6-5-17(20(16)25-19)28-9-3-4-15(13-28)14-33-21(24)29/h5-6,15,31H,3-4,7-14H2,1-2H3,(H2,24,29)(H,25,26,30). The number of aliphatic hydroxyl groups is 1. The average Bonchev–Trinajstić information content (AvgIpc) is 3.20. The number of carbonyl (C=O) groups is 2. The monoisotopic (exact) mass is 459 g/mol. The predicted octanol–water partition coefficient (Wildman–Crippen LogP) is 2.15. The second-order valence-corrected chi connectivity index (χ2v) is 9.35. The largest absolute Gasteiger partial charge is 0.496 e. The van der Waals surface area contributed by atoms with Crippen LogP contribution in [-0.4, -0.2) is 73.5 Å². The zero-order valence-corrected chi connectivity index (χ0v) is 19.3. The molecule has 0 bridgehead atoms. The van der Waals surface area contributed by atoms with Crippen molar-refractivity contribution in [2.75, 3.05) is 44.8 Å². The normalized spacial score (nSPS) is 21.8. The number of fused-ring (bicyclic) bond motifs is 1. The van der Waals surface area contributed by atoms with E-state index in [1.54, 1.807) is 18.9 Å². The third-order valence-electron chi connectivity index (χ3n) is 6.73. The fourth-order valence-electron chi connectivity index (χ4n) is 4.78. The van der Waals surface area contributed by atoms with E-state index in [2.05, 4.69) is 10.2 Å². The molecule has 0 spiro atoms. The van der Waals surface area contributed by atoms with Crippen LogP contribution in [0, 0.1) is 5.92 Å². The molecule has 1 aromatic rings. The summed E-state index contributed by atoms with van der Waals surface area (Å²) in [5, 5.41) is 13.1. The van der Waals surface area contributed by atoms with Crippen LogP contribution in [0.2, 0.25) is 0 Å². The number of likely N-dealkylation sites (tertiary alicyclic amines) is 1. The van der Waals surface area contributed by atoms with Crippen molar-refractivity contribution in [1.82, 2.24) is 10.2 Å². The number of hydrogen-bond acceptors (Lipinski definition) is 7. The van der Waals surface area contributed by atoms with Crippen LogP contribution in [0.25, 0.3) is 0 Å². The quantitative estimate of drug-likeness (QED) is 0.633. The Balaban J connectivity index is 1.48. The molecule has 1 atom stereocenters. The van der Waals surface area contributed by atoms with Crippen LogP contribution in [0.1, 0.15) is 38.2 Å². The number of primary amides is 1. The average molecular weight is 460 g/mol. The molecule has 3 heterocycles. The fraction of sp³-hybridized carbons (Fsp3) is 0.609. The van der Waals surface area contributed by atoms with Crippen LogP contribution in [0.15, 0.2) is 17.1 Å². The van der Waals surface area contributed by atoms with Crippen molar-refractivity contribution < 1.29 is 24.2 Å². The molecule has 0 aromatic heterocycles. The van der Waals surface area contributed by atoms with Gasteiger partial charge in [0.05, 0.1) is 30.7 Å². The van der Waals surface area contributed by atoms with E-state index in [0.717, 1.165) is 48.6 Å². The van der Waals surface area contributed by atoms with Crippen LogP contribution in [0.5, 0.6) is 5.75 Å². The molecule has 3 aliphatic heterocycles. The Hall–Kier alpha value is -3.01. The second kappa shape index (κ2) is 9.46. The van der Waals surface area contributed by atoms with Gasteiger partial charge in [0.2, 0.25) is 0 Å². The Morgan fingerprint density at radius 3 is 2.76 bits per heavy atom. The molecule has 33 heavy (non-hydrogen) atoms. The number of urea groups is 1. The maximum atomic E-state index is 12.8. The van der Waals surface area contributed by atoms with Crippen molar-refractivity contribution in [2.24, 2.45) is 16.6 Å². The maximum Gasteiger partial charge on any atom is 0.404 e. The van der Waals surface area contributed by atoms with Crippen molar-refractivity contribution in [2.45, 2.75) is 44.6 Å². The molecule has 2 fully saturated rings. The van der Waals surface area contributed by atoms with Crippen LogP contribution < -0.4 is 20.7 Å². The van der Waals surface area contributed by atoms with Gasteiger partial charge in [0, 0.05) is 44.1 Å². The molecule has 4 N–H and O–H groups in total. The van der Waals surface area contributed by atoms with Crippen LogP contribution >= 0.6 is 0 Å². The van der Waals surface area contributed by atoms with Crippen LogP contribution in [0.4, 0.5) is 21.0 Å². The van der Waals surface area contributed by atoms with Gasteiger partial charge in [-0.25, -0.2) is 14.6 Å². The highest BCUT2D eigenvalue weighted by atomic mass is 16.5. The molecule has 3 aliphatic rings. The van der Waals surface area contributed by atoms with E-state index < -0.39 is 11.7 Å². The molecule has 0 saturated carbocycles. The highest BCUT2D eigenvalue weighted by Crippen LogP contribution is 2.43. The Morgan fingerprint density at radius 2 is 2.06 bits per heavy atom. The van der Waals surface area contributed by atoms with Crippen LogP contribution in [-0.2, 0) is 11.2 Å². The molecule has 0 radical (unpaired) electrons. The highest BCUT2D eigenvalue weighted by molar-refractivity contribution is 6.04. The zero-order chi connectivity index (χ0) is 23.6. The molecule has 1 aromatic carbocycles. The van der Waals surface area contributed by atoms with E-state index in [1.165, 1.54) is 0 Å². The number of rotatable bonds is 4. The Bertz CT molecular complexity index is 937. The summed E-state index contributed by atoms with van der Waals surface area (Å²) in [6, 6.07) is 3.74. The molecule has 1 unspecified atom stereocenters. The summed E-state index contributed by atoms with van der Waals surface area (Å²) in [6.45, 7) is 4.73. The topological polar surface area (TPSA) is 130 Å². The Kier molecular flexibility index (Phi) is 6.64. The van der Waals surface area contributed by atoms with Gasteiger partial charge in [-0.05, 0) is 44.7 Å². The molecular weight excluding hydrogens is 426 g/mol. The fourth-order valence-corrected chi connectivity index (χ4v) is 4.78. The molecule has 0 aliphatic carbocycles. The van der Waals surface area contributed by atoms with E-state index in [1.807, 2.05) is 12.1 Å². The van der Waals surface area contributed by atoms with Crippen molar-refractivity contribution >= 4 is 29.3 Å². The number of nitrogens with zero attached hydrogens (tertiary/aromatic N) is 3. The van der Waals surface area contributed by atoms with Crippen molar-refractivity contribution in [1.29, 1.82) is 0 Å². The van der Waals surface area contributed by atoms with E-state index in [-0.39, 0.29) is 11.9 Å². The minimum absolute atomic E-state index is 0.195. The van der Waals surface area contributed by atoms with E-state index in [4.69, 9.17) is 20.2 Å². The van der Waals surface area contributed by atoms with Gasteiger partial charge in [-0.3, -0.25) is 5.32 Å². The summed E-state index contributed by atoms with van der Waals surface area (Å²) < 4.78 is 10.6. The third kappa shape index (κ3) is 5.32. The number of piperidine rings is 2. The smallest absolute Gasteiger partial charge is 0.404 e. The number of carbonyl (C=O) groups excluding carboxylic acids is 2. The molecular formula is C23H33N5O5. The first-order valence-corrected chi connectivity index (χ1v) is 11.5. The lowest BCUT2D eigenvalue weighted by Crippen LogP contribution is -2.50. The molecule has 180 valence electrons. The van der Waals surface area contributed by atoms with Crippen molar-refractivity contribution in [3.63, 3.8) is 0 Å². The minimum Gasteiger partial charge on any atom is -0.496 e. The predicted molar refractivity (Wildman–Crippen MR) is 124 cm³/mol. The first-order chi connectivity index (χ1) is 15.8. The number of benzene rings is 1. The van der Waals surface area contributed by atoms with E-state index in [0.29, 0.717) is 44.8 Å². The summed E-state index contributed by atoms with van der Waals surface area (Å²) in [6.07, 6.45) is 2.78. The van der Waals surface area contributed by atoms with Gasteiger partial charge in [0.15, 0.2) is 0 Å². The number of methoxy groups -OCH3 is 1. The summed E-state index contributed by atoms with van der Waals surface area (Å²) >= 11 is 0. The summed E-state index contributed by atoms with van der Waals surface area (Å²) in [5.74, 6) is 1.52. The molecule has 10 heteroatoms. The van der Waals surface area contributed by atoms with E-state index in [9.17, 15) is 14.7 Å². The second-order valence-electron chi connectivity index (χ2n) is 9.35. The summed E-state index contributed by atoms with van der Waals surface area (Å²) in [7, 11) is 1.63. The van der Waals surface area contributed by atoms with Gasteiger partial charge in [-0.1, -0.05) is 0 Å². The number of amidine groups is 1. The Labute approximate surface area is 193 Å². The van der Waals surface area contributed by atoms with E-state index >= 15 is 0 Å². The number of nitrogens with one attached hydrogen (secondary N) is 1. The number of nitrogens with two attached hydrogens (primary N) is 1. The van der Waals surface area contributed by atoms with Crippen LogP contribution in [0.3, 0.4) is 0 Å².